The molecule has 0 aromatic rings. The van der Waals surface area contributed by atoms with Gasteiger partial charge in [-0.15, -0.1) is 0 Å². The van der Waals surface area contributed by atoms with Crippen LogP contribution in [0.2, 0.25) is 69.1 Å². The molecule has 0 aliphatic carbocycles. The molecular weight excluding hydrogens is 308 g/mol. The van der Waals surface area contributed by atoms with Crippen molar-refractivity contribution in [2.24, 2.45) is 0 Å². The van der Waals surface area contributed by atoms with Gasteiger partial charge in [-0.1, -0.05) is 71.9 Å². The summed E-state index contributed by atoms with van der Waals surface area (Å²) in [6.07, 6.45) is 2.19. The number of allylic oxidation sites excluding steroid dienone is 1. The third-order valence-electron chi connectivity index (χ3n) is 5.25. The molecule has 0 aliphatic rings. The lowest BCUT2D eigenvalue weighted by atomic mass is 10.2. The summed E-state index contributed by atoms with van der Waals surface area (Å²) >= 11 is 0. The molecule has 0 fully saturated rings. The van der Waals surface area contributed by atoms with Gasteiger partial charge in [-0.25, -0.2) is 4.79 Å². The van der Waals surface area contributed by atoms with E-state index in [9.17, 15) is 9.90 Å². The van der Waals surface area contributed by atoms with E-state index < -0.39 is 30.2 Å². The summed E-state index contributed by atoms with van der Waals surface area (Å²) in [5.41, 5.74) is 1.13. The summed E-state index contributed by atoms with van der Waals surface area (Å²) < 4.78 is 0.118. The summed E-state index contributed by atoms with van der Waals surface area (Å²) in [5, 5.41) is 9.44. The third kappa shape index (κ3) is 4.20. The number of hydrogen-bond acceptors (Lipinski definition) is 1. The van der Waals surface area contributed by atoms with Crippen molar-refractivity contribution in [2.45, 2.75) is 83.0 Å². The topological polar surface area (TPSA) is 37.3 Å². The second-order valence-electron chi connectivity index (χ2n) is 9.59. The molecule has 0 spiro atoms. The summed E-state index contributed by atoms with van der Waals surface area (Å²) in [6.45, 7) is 26.0. The molecule has 0 aromatic heterocycles. The highest BCUT2D eigenvalue weighted by Crippen LogP contribution is 2.60. The second kappa shape index (κ2) is 6.16. The fourth-order valence-corrected chi connectivity index (χ4v) is 23.6. The highest BCUT2D eigenvalue weighted by Gasteiger charge is 2.57. The van der Waals surface area contributed by atoms with E-state index in [0.29, 0.717) is 11.1 Å². The Balaban J connectivity index is 6.59. The summed E-state index contributed by atoms with van der Waals surface area (Å²) in [4.78, 5) is 11.5. The molecule has 1 N–H and O–H groups in total. The van der Waals surface area contributed by atoms with Crippen LogP contribution in [0.5, 0.6) is 0 Å². The molecular formula is C16H36O2Si3. The molecule has 0 amide bonds. The highest BCUT2D eigenvalue weighted by atomic mass is 28.4. The van der Waals surface area contributed by atoms with E-state index in [-0.39, 0.29) is 4.66 Å². The van der Waals surface area contributed by atoms with Gasteiger partial charge in [-0.05, 0) is 17.1 Å². The Hall–Kier alpha value is -0.139. The Morgan fingerprint density at radius 1 is 0.952 bits per heavy atom. The number of aliphatic carboxylic acids is 1. The Labute approximate surface area is 135 Å². The SMILES string of the molecule is C/C(=C\C(C(C)[Si](C)(C)C)([Si](C)(C)C)[Si](C)(C)C)C(=O)O. The van der Waals surface area contributed by atoms with Crippen molar-refractivity contribution < 1.29 is 9.90 Å². The van der Waals surface area contributed by atoms with E-state index in [4.69, 9.17) is 0 Å². The summed E-state index contributed by atoms with van der Waals surface area (Å²) in [5.74, 6) is -0.765. The van der Waals surface area contributed by atoms with Crippen LogP contribution in [0.4, 0.5) is 0 Å². The zero-order valence-corrected chi connectivity index (χ0v) is 19.0. The molecule has 0 aromatic carbocycles. The molecule has 5 heteroatoms. The average Bonchev–Trinajstić information content (AvgIpc) is 2.19. The lowest BCUT2D eigenvalue weighted by Crippen LogP contribution is -2.59. The molecule has 2 nitrogen and oxygen atoms in total. The fourth-order valence-electron chi connectivity index (χ4n) is 4.07. The van der Waals surface area contributed by atoms with E-state index >= 15 is 0 Å². The minimum atomic E-state index is -1.60. The van der Waals surface area contributed by atoms with Gasteiger partial charge in [0.1, 0.15) is 0 Å². The molecule has 0 bridgehead atoms. The van der Waals surface area contributed by atoms with E-state index in [0.717, 1.165) is 0 Å². The summed E-state index contributed by atoms with van der Waals surface area (Å²) in [6, 6.07) is 0. The molecule has 0 saturated carbocycles. The first-order chi connectivity index (χ1) is 8.98. The summed E-state index contributed by atoms with van der Waals surface area (Å²) in [7, 11) is -4.58. The largest absolute Gasteiger partial charge is 0.478 e. The minimum Gasteiger partial charge on any atom is -0.478 e. The average molecular weight is 345 g/mol. The molecule has 0 saturated heterocycles. The number of hydrogen-bond donors (Lipinski definition) is 1. The van der Waals surface area contributed by atoms with Gasteiger partial charge in [-0.3, -0.25) is 0 Å². The third-order valence-corrected chi connectivity index (χ3v) is 19.5. The van der Waals surface area contributed by atoms with Crippen LogP contribution in [0.3, 0.4) is 0 Å². The Morgan fingerprint density at radius 3 is 1.48 bits per heavy atom. The van der Waals surface area contributed by atoms with E-state index in [2.05, 4.69) is 71.9 Å². The smallest absolute Gasteiger partial charge is 0.330 e. The van der Waals surface area contributed by atoms with Crippen molar-refractivity contribution in [1.82, 2.24) is 0 Å². The zero-order chi connectivity index (χ0) is 17.4. The monoisotopic (exact) mass is 344 g/mol. The van der Waals surface area contributed by atoms with Gasteiger partial charge in [-0.2, -0.15) is 0 Å². The normalized spacial score (nSPS) is 16.8. The van der Waals surface area contributed by atoms with Gasteiger partial charge in [0, 0.05) is 13.6 Å². The van der Waals surface area contributed by atoms with Gasteiger partial charge in [0.05, 0.1) is 16.1 Å². The van der Waals surface area contributed by atoms with Crippen LogP contribution in [0.1, 0.15) is 13.8 Å². The quantitative estimate of drug-likeness (QED) is 0.495. The maximum Gasteiger partial charge on any atom is 0.330 e. The van der Waals surface area contributed by atoms with E-state index in [1.165, 1.54) is 0 Å². The van der Waals surface area contributed by atoms with Crippen LogP contribution in [-0.4, -0.2) is 35.3 Å². The minimum absolute atomic E-state index is 0.118. The van der Waals surface area contributed by atoms with Gasteiger partial charge < -0.3 is 5.11 Å². The Kier molecular flexibility index (Phi) is 6.12. The van der Waals surface area contributed by atoms with Crippen molar-refractivity contribution in [3.05, 3.63) is 11.6 Å². The van der Waals surface area contributed by atoms with Crippen LogP contribution < -0.4 is 0 Å². The molecule has 0 heterocycles. The lowest BCUT2D eigenvalue weighted by molar-refractivity contribution is -0.132. The van der Waals surface area contributed by atoms with Crippen LogP contribution >= 0.6 is 0 Å². The first-order valence-corrected chi connectivity index (χ1v) is 18.5. The van der Waals surface area contributed by atoms with Gasteiger partial charge in [0.25, 0.3) is 0 Å². The van der Waals surface area contributed by atoms with Crippen LogP contribution in [0.15, 0.2) is 11.6 Å². The van der Waals surface area contributed by atoms with Crippen molar-refractivity contribution in [3.63, 3.8) is 0 Å². The zero-order valence-electron chi connectivity index (χ0n) is 16.0. The second-order valence-corrected chi connectivity index (χ2v) is 26.3. The molecule has 1 atom stereocenters. The Morgan fingerprint density at radius 2 is 1.29 bits per heavy atom. The Bertz CT molecular complexity index is 406. The maximum atomic E-state index is 11.5. The first kappa shape index (κ1) is 20.9. The predicted molar refractivity (Wildman–Crippen MR) is 104 cm³/mol. The number of carboxylic acids is 1. The van der Waals surface area contributed by atoms with E-state index in [1.54, 1.807) is 6.92 Å². The highest BCUT2D eigenvalue weighted by molar-refractivity contribution is 7.01. The van der Waals surface area contributed by atoms with Crippen molar-refractivity contribution in [1.29, 1.82) is 0 Å². The van der Waals surface area contributed by atoms with Crippen LogP contribution in [-0.2, 0) is 4.79 Å². The molecule has 0 rings (SSSR count). The fraction of sp³-hybridized carbons (Fsp3) is 0.812. The molecule has 1 unspecified atom stereocenters. The first-order valence-electron chi connectivity index (χ1n) is 7.91. The lowest BCUT2D eigenvalue weighted by Gasteiger charge is -2.57. The predicted octanol–water partition coefficient (Wildman–Crippen LogP) is 5.70. The van der Waals surface area contributed by atoms with Crippen molar-refractivity contribution in [3.8, 4) is 0 Å². The van der Waals surface area contributed by atoms with Crippen molar-refractivity contribution >= 4 is 30.2 Å². The van der Waals surface area contributed by atoms with Crippen molar-refractivity contribution in [2.75, 3.05) is 0 Å². The van der Waals surface area contributed by atoms with Crippen LogP contribution in [0.25, 0.3) is 0 Å². The maximum absolute atomic E-state index is 11.5. The van der Waals surface area contributed by atoms with Crippen LogP contribution in [0, 0.1) is 0 Å². The molecule has 21 heavy (non-hydrogen) atoms. The van der Waals surface area contributed by atoms with Gasteiger partial charge in [0.15, 0.2) is 0 Å². The van der Waals surface area contributed by atoms with E-state index in [1.807, 2.05) is 0 Å². The van der Waals surface area contributed by atoms with Gasteiger partial charge >= 0.3 is 5.97 Å². The number of rotatable bonds is 6. The number of carboxylic acid groups (broad SMARTS) is 1. The van der Waals surface area contributed by atoms with Gasteiger partial charge in [0.2, 0.25) is 0 Å². The molecule has 0 aliphatic heterocycles. The number of carbonyl (C=O) groups is 1. The molecule has 0 radical (unpaired) electrons. The molecule has 124 valence electrons. The standard InChI is InChI=1S/C16H36O2Si3/c1-13(15(17)18)12-16(20(6,7)8,21(9,10)11)14(2)19(3,4)5/h12,14H,1-11H3,(H,17,18)/b13-12+.